The number of carbonyl (C=O) groups excluding carboxylic acids is 1. The van der Waals surface area contributed by atoms with E-state index in [0.29, 0.717) is 5.69 Å². The molecule has 3 aromatic rings. The van der Waals surface area contributed by atoms with Gasteiger partial charge in [-0.15, -0.1) is 0 Å². The molecule has 0 radical (unpaired) electrons. The van der Waals surface area contributed by atoms with Gasteiger partial charge in [-0.25, -0.2) is 8.42 Å². The summed E-state index contributed by atoms with van der Waals surface area (Å²) in [6.45, 7) is 1.83. The molecule has 0 aromatic heterocycles. The van der Waals surface area contributed by atoms with Gasteiger partial charge in [0.15, 0.2) is 0 Å². The molecule has 0 atom stereocenters. The summed E-state index contributed by atoms with van der Waals surface area (Å²) in [5.74, 6) is -0.654. The molecule has 0 aliphatic carbocycles. The number of sulfonamides is 1. The lowest BCUT2D eigenvalue weighted by atomic mass is 10.1. The summed E-state index contributed by atoms with van der Waals surface area (Å²) in [4.78, 5) is 12.1. The molecule has 1 amide bonds. The van der Waals surface area contributed by atoms with E-state index in [1.807, 2.05) is 0 Å². The molecule has 1 N–H and O–H groups in total. The van der Waals surface area contributed by atoms with Gasteiger partial charge in [-0.05, 0) is 61.0 Å². The average molecular weight is 509 g/mol. The Kier molecular flexibility index (Phi) is 7.68. The Labute approximate surface area is 200 Å². The van der Waals surface area contributed by atoms with Crippen LogP contribution in [0.1, 0.15) is 18.1 Å². The van der Waals surface area contributed by atoms with E-state index in [4.69, 9.17) is 11.6 Å². The highest BCUT2D eigenvalue weighted by molar-refractivity contribution is 7.93. The van der Waals surface area contributed by atoms with Gasteiger partial charge in [0, 0.05) is 18.3 Å². The van der Waals surface area contributed by atoms with Crippen LogP contribution in [0.15, 0.2) is 83.8 Å². The second kappa shape index (κ2) is 10.3. The molecule has 0 heterocycles. The molecule has 0 bridgehead atoms. The number of para-hydroxylation sites is 1. The zero-order valence-corrected chi connectivity index (χ0v) is 19.5. The fourth-order valence-electron chi connectivity index (χ4n) is 3.16. The highest BCUT2D eigenvalue weighted by Gasteiger charge is 2.30. The van der Waals surface area contributed by atoms with Crippen molar-refractivity contribution in [2.45, 2.75) is 18.0 Å². The molecule has 5 nitrogen and oxygen atoms in total. The summed E-state index contributed by atoms with van der Waals surface area (Å²) < 4.78 is 66.3. The lowest BCUT2D eigenvalue weighted by Gasteiger charge is -2.23. The lowest BCUT2D eigenvalue weighted by molar-refractivity contribution is -0.137. The smallest absolute Gasteiger partial charge is 0.322 e. The van der Waals surface area contributed by atoms with Crippen molar-refractivity contribution in [1.82, 2.24) is 0 Å². The Balaban J connectivity index is 1.82. The largest absolute Gasteiger partial charge is 0.416 e. The SMILES string of the molecule is CCN(c1ccccc1)S(=O)(=O)c1cc(NC(=O)C=Cc2cccc(C(F)(F)F)c2)ccc1Cl. The van der Waals surface area contributed by atoms with E-state index in [9.17, 15) is 26.4 Å². The van der Waals surface area contributed by atoms with Crippen LogP contribution in [0.25, 0.3) is 6.08 Å². The molecule has 0 fully saturated rings. The number of nitrogens with one attached hydrogen (secondary N) is 1. The molecule has 0 unspecified atom stereocenters. The first-order valence-corrected chi connectivity index (χ1v) is 11.9. The molecule has 0 aliphatic rings. The van der Waals surface area contributed by atoms with Crippen molar-refractivity contribution < 1.29 is 26.4 Å². The minimum Gasteiger partial charge on any atom is -0.322 e. The van der Waals surface area contributed by atoms with Crippen LogP contribution in [0.3, 0.4) is 0 Å². The van der Waals surface area contributed by atoms with Crippen LogP contribution in [0.5, 0.6) is 0 Å². The lowest BCUT2D eigenvalue weighted by Crippen LogP contribution is -2.31. The van der Waals surface area contributed by atoms with E-state index >= 15 is 0 Å². The van der Waals surface area contributed by atoms with E-state index in [-0.39, 0.29) is 27.7 Å². The number of anilines is 2. The van der Waals surface area contributed by atoms with Gasteiger partial charge in [0.25, 0.3) is 10.0 Å². The molecule has 34 heavy (non-hydrogen) atoms. The topological polar surface area (TPSA) is 66.5 Å². The quantitative estimate of drug-likeness (QED) is 0.385. The second-order valence-corrected chi connectivity index (χ2v) is 9.33. The van der Waals surface area contributed by atoms with Gasteiger partial charge in [-0.3, -0.25) is 9.10 Å². The van der Waals surface area contributed by atoms with E-state index in [1.54, 1.807) is 37.3 Å². The molecule has 3 rings (SSSR count). The Bertz CT molecular complexity index is 1310. The third-order valence-electron chi connectivity index (χ3n) is 4.74. The maximum Gasteiger partial charge on any atom is 0.416 e. The van der Waals surface area contributed by atoms with Crippen LogP contribution in [0.4, 0.5) is 24.5 Å². The molecule has 3 aromatic carbocycles. The van der Waals surface area contributed by atoms with Gasteiger partial charge < -0.3 is 5.32 Å². The first-order valence-electron chi connectivity index (χ1n) is 10.1. The van der Waals surface area contributed by atoms with E-state index in [1.165, 1.54) is 40.7 Å². The number of hydrogen-bond acceptors (Lipinski definition) is 3. The van der Waals surface area contributed by atoms with Crippen molar-refractivity contribution in [2.75, 3.05) is 16.2 Å². The van der Waals surface area contributed by atoms with Crippen LogP contribution in [0, 0.1) is 0 Å². The van der Waals surface area contributed by atoms with Crippen LogP contribution in [-0.4, -0.2) is 20.9 Å². The molecule has 0 saturated carbocycles. The monoisotopic (exact) mass is 508 g/mol. The Hall–Kier alpha value is -3.30. The second-order valence-electron chi connectivity index (χ2n) is 7.10. The summed E-state index contributed by atoms with van der Waals surface area (Å²) in [6.07, 6.45) is -2.21. The normalized spacial score (nSPS) is 12.0. The number of nitrogens with zero attached hydrogens (tertiary/aromatic N) is 1. The fourth-order valence-corrected chi connectivity index (χ4v) is 5.13. The average Bonchev–Trinajstić information content (AvgIpc) is 2.79. The van der Waals surface area contributed by atoms with Crippen LogP contribution >= 0.6 is 11.6 Å². The van der Waals surface area contributed by atoms with Gasteiger partial charge in [0.1, 0.15) is 4.90 Å². The molecular formula is C24H20ClF3N2O3S. The van der Waals surface area contributed by atoms with Crippen LogP contribution in [0.2, 0.25) is 5.02 Å². The van der Waals surface area contributed by atoms with Gasteiger partial charge in [-0.2, -0.15) is 13.2 Å². The first kappa shape index (κ1) is 25.3. The number of rotatable bonds is 7. The van der Waals surface area contributed by atoms with Crippen molar-refractivity contribution in [2.24, 2.45) is 0 Å². The minimum atomic E-state index is -4.50. The predicted octanol–water partition coefficient (Wildman–Crippen LogP) is 6.23. The molecule has 0 saturated heterocycles. The Morgan fingerprint density at radius 1 is 1.03 bits per heavy atom. The Morgan fingerprint density at radius 2 is 1.74 bits per heavy atom. The van der Waals surface area contributed by atoms with Crippen molar-refractivity contribution in [3.8, 4) is 0 Å². The van der Waals surface area contributed by atoms with Crippen molar-refractivity contribution in [3.63, 3.8) is 0 Å². The molecule has 178 valence electrons. The fraction of sp³-hybridized carbons (Fsp3) is 0.125. The molecule has 0 aliphatic heterocycles. The third kappa shape index (κ3) is 5.98. The van der Waals surface area contributed by atoms with E-state index in [2.05, 4.69) is 5.32 Å². The zero-order valence-electron chi connectivity index (χ0n) is 17.9. The van der Waals surface area contributed by atoms with Crippen LogP contribution < -0.4 is 9.62 Å². The predicted molar refractivity (Wildman–Crippen MR) is 127 cm³/mol. The summed E-state index contributed by atoms with van der Waals surface area (Å²) in [5, 5.41) is 2.48. The molecule has 10 heteroatoms. The minimum absolute atomic E-state index is 0.0214. The van der Waals surface area contributed by atoms with Gasteiger partial charge in [0.2, 0.25) is 5.91 Å². The van der Waals surface area contributed by atoms with Crippen LogP contribution in [-0.2, 0) is 21.0 Å². The van der Waals surface area contributed by atoms with Gasteiger partial charge in [-0.1, -0.05) is 41.9 Å². The summed E-state index contributed by atoms with van der Waals surface area (Å²) >= 11 is 6.17. The number of benzene rings is 3. The standard InChI is InChI=1S/C24H20ClF3N2O3S/c1-2-30(20-9-4-3-5-10-20)34(32,33)22-16-19(12-13-21(22)25)29-23(31)14-11-17-7-6-8-18(15-17)24(26,27)28/h3-16H,2H2,1H3,(H,29,31). The summed E-state index contributed by atoms with van der Waals surface area (Å²) in [7, 11) is -4.04. The molecule has 0 spiro atoms. The highest BCUT2D eigenvalue weighted by atomic mass is 35.5. The maximum absolute atomic E-state index is 13.3. The number of amides is 1. The van der Waals surface area contributed by atoms with Crippen molar-refractivity contribution >= 4 is 45.0 Å². The van der Waals surface area contributed by atoms with Crippen molar-refractivity contribution in [1.29, 1.82) is 0 Å². The van der Waals surface area contributed by atoms with E-state index in [0.717, 1.165) is 18.2 Å². The van der Waals surface area contributed by atoms with Gasteiger partial charge >= 0.3 is 6.18 Å². The number of carbonyl (C=O) groups is 1. The molecular weight excluding hydrogens is 489 g/mol. The van der Waals surface area contributed by atoms with E-state index < -0.39 is 27.7 Å². The zero-order chi connectivity index (χ0) is 24.9. The maximum atomic E-state index is 13.3. The number of halogens is 4. The third-order valence-corrected chi connectivity index (χ3v) is 7.12. The first-order chi connectivity index (χ1) is 16.0. The van der Waals surface area contributed by atoms with Gasteiger partial charge in [0.05, 0.1) is 16.3 Å². The summed E-state index contributed by atoms with van der Waals surface area (Å²) in [6, 6.07) is 17.0. The number of hydrogen-bond donors (Lipinski definition) is 1. The highest BCUT2D eigenvalue weighted by Crippen LogP contribution is 2.31. The summed E-state index contributed by atoms with van der Waals surface area (Å²) in [5.41, 5.74) is -0.0300. The Morgan fingerprint density at radius 3 is 2.38 bits per heavy atom. The number of alkyl halides is 3. The van der Waals surface area contributed by atoms with Crippen molar-refractivity contribution in [3.05, 3.63) is 95.0 Å².